The van der Waals surface area contributed by atoms with Crippen LogP contribution in [0.5, 0.6) is 5.75 Å². The van der Waals surface area contributed by atoms with Gasteiger partial charge in [-0.05, 0) is 36.2 Å². The van der Waals surface area contributed by atoms with Gasteiger partial charge >= 0.3 is 0 Å². The second kappa shape index (κ2) is 10.8. The Kier molecular flexibility index (Phi) is 8.65. The van der Waals surface area contributed by atoms with E-state index in [-0.39, 0.29) is 45.9 Å². The average molecular weight is 482 g/mol. The number of amides is 2. The molecule has 0 saturated carbocycles. The maximum atomic E-state index is 12.9. The molecule has 2 aromatic carbocycles. The summed E-state index contributed by atoms with van der Waals surface area (Å²) >= 11 is 6.07. The SMILES string of the molecule is CCN(CC)S(=O)(=O)c1ccc(O)c(NC(=O)[C@@H](NC(=O)c2ccccc2Cl)C(C)C)c1. The number of hydrogen-bond acceptors (Lipinski definition) is 5. The van der Waals surface area contributed by atoms with Gasteiger partial charge in [-0.25, -0.2) is 8.42 Å². The van der Waals surface area contributed by atoms with Gasteiger partial charge in [-0.3, -0.25) is 9.59 Å². The zero-order chi connectivity index (χ0) is 24.1. The van der Waals surface area contributed by atoms with Gasteiger partial charge in [-0.2, -0.15) is 4.31 Å². The quantitative estimate of drug-likeness (QED) is 0.474. The van der Waals surface area contributed by atoms with Gasteiger partial charge in [0.2, 0.25) is 15.9 Å². The maximum absolute atomic E-state index is 12.9. The number of phenolic OH excluding ortho intramolecular Hbond substituents is 1. The molecule has 0 bridgehead atoms. The molecule has 8 nitrogen and oxygen atoms in total. The summed E-state index contributed by atoms with van der Waals surface area (Å²) in [5.41, 5.74) is 0.156. The molecule has 0 unspecified atom stereocenters. The van der Waals surface area contributed by atoms with E-state index >= 15 is 0 Å². The second-order valence-corrected chi connectivity index (χ2v) is 9.78. The minimum Gasteiger partial charge on any atom is -0.506 e. The highest BCUT2D eigenvalue weighted by molar-refractivity contribution is 7.89. The van der Waals surface area contributed by atoms with Gasteiger partial charge in [0.25, 0.3) is 5.91 Å². The molecular weight excluding hydrogens is 454 g/mol. The molecular formula is C22H28ClN3O5S. The third-order valence-electron chi connectivity index (χ3n) is 4.92. The van der Waals surface area contributed by atoms with Gasteiger partial charge in [0.15, 0.2) is 0 Å². The molecule has 0 fully saturated rings. The van der Waals surface area contributed by atoms with Crippen LogP contribution in [0.4, 0.5) is 5.69 Å². The molecule has 2 amide bonds. The number of halogens is 1. The van der Waals surface area contributed by atoms with Crippen molar-refractivity contribution in [1.29, 1.82) is 0 Å². The summed E-state index contributed by atoms with van der Waals surface area (Å²) in [6.07, 6.45) is 0. The Balaban J connectivity index is 2.29. The van der Waals surface area contributed by atoms with E-state index < -0.39 is 27.9 Å². The van der Waals surface area contributed by atoms with E-state index in [2.05, 4.69) is 10.6 Å². The fourth-order valence-corrected chi connectivity index (χ4v) is 4.80. The van der Waals surface area contributed by atoms with Gasteiger partial charge in [0, 0.05) is 13.1 Å². The largest absolute Gasteiger partial charge is 0.506 e. The van der Waals surface area contributed by atoms with Crippen molar-refractivity contribution in [2.45, 2.75) is 38.6 Å². The average Bonchev–Trinajstić information content (AvgIpc) is 2.73. The maximum Gasteiger partial charge on any atom is 0.253 e. The molecule has 174 valence electrons. The minimum atomic E-state index is -3.79. The Morgan fingerprint density at radius 2 is 1.72 bits per heavy atom. The first-order chi connectivity index (χ1) is 15.0. The van der Waals surface area contributed by atoms with Gasteiger partial charge in [0.1, 0.15) is 11.8 Å². The number of carbonyl (C=O) groups excluding carboxylic acids is 2. The number of nitrogens with one attached hydrogen (secondary N) is 2. The monoisotopic (exact) mass is 481 g/mol. The van der Waals surface area contributed by atoms with Crippen LogP contribution >= 0.6 is 11.6 Å². The van der Waals surface area contributed by atoms with Crippen LogP contribution in [0.2, 0.25) is 5.02 Å². The first kappa shape index (κ1) is 25.6. The summed E-state index contributed by atoms with van der Waals surface area (Å²) in [6.45, 7) is 7.50. The number of nitrogens with zero attached hydrogens (tertiary/aromatic N) is 1. The zero-order valence-corrected chi connectivity index (χ0v) is 20.0. The van der Waals surface area contributed by atoms with Gasteiger partial charge < -0.3 is 15.7 Å². The van der Waals surface area contributed by atoms with E-state index in [0.717, 1.165) is 0 Å². The summed E-state index contributed by atoms with van der Waals surface area (Å²) in [5, 5.41) is 15.6. The summed E-state index contributed by atoms with van der Waals surface area (Å²) in [7, 11) is -3.79. The van der Waals surface area contributed by atoms with Crippen molar-refractivity contribution in [1.82, 2.24) is 9.62 Å². The molecule has 32 heavy (non-hydrogen) atoms. The van der Waals surface area contributed by atoms with Crippen LogP contribution in [-0.4, -0.2) is 48.8 Å². The van der Waals surface area contributed by atoms with Crippen LogP contribution in [-0.2, 0) is 14.8 Å². The van der Waals surface area contributed by atoms with E-state index in [9.17, 15) is 23.1 Å². The highest BCUT2D eigenvalue weighted by Gasteiger charge is 2.27. The third kappa shape index (κ3) is 5.79. The molecule has 0 aliphatic heterocycles. The second-order valence-electron chi connectivity index (χ2n) is 7.43. The van der Waals surface area contributed by atoms with E-state index in [1.807, 2.05) is 0 Å². The van der Waals surface area contributed by atoms with E-state index in [1.54, 1.807) is 52.0 Å². The van der Waals surface area contributed by atoms with E-state index in [1.165, 1.54) is 22.5 Å². The number of hydrogen-bond donors (Lipinski definition) is 3. The molecule has 0 spiro atoms. The lowest BCUT2D eigenvalue weighted by Crippen LogP contribution is -2.47. The van der Waals surface area contributed by atoms with Crippen molar-refractivity contribution in [2.75, 3.05) is 18.4 Å². The van der Waals surface area contributed by atoms with E-state index in [4.69, 9.17) is 11.6 Å². The molecule has 0 aromatic heterocycles. The van der Waals surface area contributed by atoms with Crippen molar-refractivity contribution >= 4 is 39.1 Å². The highest BCUT2D eigenvalue weighted by Crippen LogP contribution is 2.28. The standard InChI is InChI=1S/C22H28ClN3O5S/c1-5-26(6-2)32(30,31)15-11-12-19(27)18(13-15)24-22(29)20(14(3)4)25-21(28)16-9-7-8-10-17(16)23/h7-14,20,27H,5-6H2,1-4H3,(H,24,29)(H,25,28)/t20-/m0/s1. The fourth-order valence-electron chi connectivity index (χ4n) is 3.10. The molecule has 1 atom stereocenters. The molecule has 0 saturated heterocycles. The molecule has 0 heterocycles. The minimum absolute atomic E-state index is 0.0597. The van der Waals surface area contributed by atoms with Crippen molar-refractivity contribution in [3.8, 4) is 5.75 Å². The van der Waals surface area contributed by atoms with Crippen LogP contribution in [0.3, 0.4) is 0 Å². The predicted octanol–water partition coefficient (Wildman–Crippen LogP) is 3.47. The molecule has 0 aliphatic rings. The number of anilines is 1. The lowest BCUT2D eigenvalue weighted by Gasteiger charge is -2.23. The number of phenols is 1. The van der Waals surface area contributed by atoms with Gasteiger partial charge in [-0.15, -0.1) is 0 Å². The van der Waals surface area contributed by atoms with Crippen LogP contribution in [0, 0.1) is 5.92 Å². The molecule has 2 aromatic rings. The normalized spacial score (nSPS) is 12.6. The number of benzene rings is 2. The van der Waals surface area contributed by atoms with Gasteiger partial charge in [0.05, 0.1) is 21.2 Å². The molecule has 3 N–H and O–H groups in total. The lowest BCUT2D eigenvalue weighted by molar-refractivity contribution is -0.118. The van der Waals surface area contributed by atoms with Crippen LogP contribution in [0.25, 0.3) is 0 Å². The Morgan fingerprint density at radius 1 is 1.09 bits per heavy atom. The molecule has 10 heteroatoms. The molecule has 0 aliphatic carbocycles. The highest BCUT2D eigenvalue weighted by atomic mass is 35.5. The number of sulfonamides is 1. The zero-order valence-electron chi connectivity index (χ0n) is 18.4. The Hall–Kier alpha value is -2.62. The smallest absolute Gasteiger partial charge is 0.253 e. The topological polar surface area (TPSA) is 116 Å². The number of rotatable bonds is 9. The number of aromatic hydroxyl groups is 1. The predicted molar refractivity (Wildman–Crippen MR) is 124 cm³/mol. The van der Waals surface area contributed by atoms with Crippen molar-refractivity contribution < 1.29 is 23.1 Å². The first-order valence-corrected chi connectivity index (χ1v) is 12.0. The Morgan fingerprint density at radius 3 is 2.28 bits per heavy atom. The van der Waals surface area contributed by atoms with Crippen molar-refractivity contribution in [3.63, 3.8) is 0 Å². The number of carbonyl (C=O) groups is 2. The van der Waals surface area contributed by atoms with Crippen molar-refractivity contribution in [2.24, 2.45) is 5.92 Å². The fraction of sp³-hybridized carbons (Fsp3) is 0.364. The van der Waals surface area contributed by atoms with Gasteiger partial charge in [-0.1, -0.05) is 51.4 Å². The summed E-state index contributed by atoms with van der Waals surface area (Å²) in [6, 6.07) is 9.19. The molecule has 0 radical (unpaired) electrons. The summed E-state index contributed by atoms with van der Waals surface area (Å²) < 4.78 is 26.8. The Bertz CT molecular complexity index is 1080. The third-order valence-corrected chi connectivity index (χ3v) is 7.30. The van der Waals surface area contributed by atoms with Crippen LogP contribution in [0.1, 0.15) is 38.1 Å². The van der Waals surface area contributed by atoms with Crippen LogP contribution in [0.15, 0.2) is 47.4 Å². The van der Waals surface area contributed by atoms with Crippen molar-refractivity contribution in [3.05, 3.63) is 53.1 Å². The summed E-state index contributed by atoms with van der Waals surface area (Å²) in [5.74, 6) is -1.72. The van der Waals surface area contributed by atoms with E-state index in [0.29, 0.717) is 0 Å². The lowest BCUT2D eigenvalue weighted by atomic mass is 10.0. The Labute approximate surface area is 193 Å². The first-order valence-electron chi connectivity index (χ1n) is 10.2. The summed E-state index contributed by atoms with van der Waals surface area (Å²) in [4.78, 5) is 25.5. The molecule has 2 rings (SSSR count). The van der Waals surface area contributed by atoms with Crippen LogP contribution < -0.4 is 10.6 Å².